The van der Waals surface area contributed by atoms with Crippen LogP contribution in [0.5, 0.6) is 0 Å². The monoisotopic (exact) mass is 155 g/mol. The topological polar surface area (TPSA) is 30.5 Å². The first-order chi connectivity index (χ1) is 4.58. The molecule has 3 nitrogen and oxygen atoms in total. The molecule has 0 radical (unpaired) electrons. The molecular formula is C4H4F3NO2. The van der Waals surface area contributed by atoms with Crippen molar-refractivity contribution in [2.75, 3.05) is 6.73 Å². The fourth-order valence-corrected chi connectivity index (χ4v) is 0.452. The summed E-state index contributed by atoms with van der Waals surface area (Å²) < 4.78 is 41.7. The number of hydrogen-bond donors (Lipinski definition) is 1. The normalized spacial score (nSPS) is 17.3. The molecule has 0 unspecified atom stereocenters. The summed E-state index contributed by atoms with van der Waals surface area (Å²) >= 11 is 0. The lowest BCUT2D eigenvalue weighted by molar-refractivity contribution is -0.320. The van der Waals surface area contributed by atoms with Crippen molar-refractivity contribution in [1.82, 2.24) is 5.32 Å². The van der Waals surface area contributed by atoms with Crippen LogP contribution in [0, 0.1) is 0 Å². The molecule has 0 fully saturated rings. The molecule has 10 heavy (non-hydrogen) atoms. The Hall–Kier alpha value is -1.07. The van der Waals surface area contributed by atoms with E-state index in [0.29, 0.717) is 0 Å². The number of nitrogens with one attached hydrogen (secondary N) is 1. The minimum Gasteiger partial charge on any atom is -0.443 e. The molecule has 1 rings (SSSR count). The highest BCUT2D eigenvalue weighted by Gasteiger charge is 2.33. The van der Waals surface area contributed by atoms with E-state index in [-0.39, 0.29) is 6.73 Å². The van der Waals surface area contributed by atoms with Gasteiger partial charge in [0, 0.05) is 0 Å². The van der Waals surface area contributed by atoms with Gasteiger partial charge >= 0.3 is 12.3 Å². The molecule has 1 N–H and O–H groups in total. The molecule has 0 saturated carbocycles. The third-order valence-corrected chi connectivity index (χ3v) is 0.734. The second-order valence-corrected chi connectivity index (χ2v) is 1.50. The summed E-state index contributed by atoms with van der Waals surface area (Å²) in [5.74, 6) is -0.549. The van der Waals surface area contributed by atoms with Crippen molar-refractivity contribution in [1.29, 1.82) is 0 Å². The van der Waals surface area contributed by atoms with Gasteiger partial charge in [0.1, 0.15) is 0 Å². The molecule has 6 heteroatoms. The number of halogens is 3. The Kier molecular flexibility index (Phi) is 1.60. The van der Waals surface area contributed by atoms with Crippen molar-refractivity contribution in [3.63, 3.8) is 0 Å². The van der Waals surface area contributed by atoms with Crippen molar-refractivity contribution in [2.45, 2.75) is 6.36 Å². The van der Waals surface area contributed by atoms with Crippen molar-refractivity contribution < 1.29 is 22.6 Å². The summed E-state index contributed by atoms with van der Waals surface area (Å²) in [6.07, 6.45) is -3.66. The van der Waals surface area contributed by atoms with Crippen LogP contribution in [0.1, 0.15) is 0 Å². The summed E-state index contributed by atoms with van der Waals surface area (Å²) in [6.45, 7) is 0.0193. The third-order valence-electron chi connectivity index (χ3n) is 0.734. The maximum atomic E-state index is 11.3. The van der Waals surface area contributed by atoms with Gasteiger partial charge in [0.05, 0.1) is 6.20 Å². The van der Waals surface area contributed by atoms with Crippen LogP contribution in [0.25, 0.3) is 0 Å². The Balaban J connectivity index is 2.38. The van der Waals surface area contributed by atoms with E-state index in [0.717, 1.165) is 6.20 Å². The van der Waals surface area contributed by atoms with Gasteiger partial charge in [0.2, 0.25) is 0 Å². The molecule has 0 amide bonds. The Morgan fingerprint density at radius 1 is 1.60 bits per heavy atom. The summed E-state index contributed by atoms with van der Waals surface area (Å²) in [4.78, 5) is 0. The van der Waals surface area contributed by atoms with Gasteiger partial charge < -0.3 is 14.8 Å². The average Bonchev–Trinajstić information content (AvgIpc) is 2.12. The van der Waals surface area contributed by atoms with Crippen molar-refractivity contribution in [3.8, 4) is 0 Å². The number of rotatable bonds is 1. The molecular weight excluding hydrogens is 151 g/mol. The zero-order chi connectivity index (χ0) is 7.61. The Bertz CT molecular complexity index is 153. The average molecular weight is 155 g/mol. The molecule has 0 spiro atoms. The molecule has 0 bridgehead atoms. The van der Waals surface area contributed by atoms with E-state index in [2.05, 4.69) is 14.8 Å². The van der Waals surface area contributed by atoms with Gasteiger partial charge in [-0.05, 0) is 0 Å². The molecule has 1 heterocycles. The van der Waals surface area contributed by atoms with Gasteiger partial charge in [0.15, 0.2) is 6.73 Å². The second-order valence-electron chi connectivity index (χ2n) is 1.50. The van der Waals surface area contributed by atoms with Crippen LogP contribution >= 0.6 is 0 Å². The fraction of sp³-hybridized carbons (Fsp3) is 0.500. The van der Waals surface area contributed by atoms with Crippen LogP contribution in [0.4, 0.5) is 13.2 Å². The lowest BCUT2D eigenvalue weighted by Crippen LogP contribution is -2.12. The fourth-order valence-electron chi connectivity index (χ4n) is 0.452. The van der Waals surface area contributed by atoms with Crippen LogP contribution in [-0.4, -0.2) is 13.1 Å². The Labute approximate surface area is 54.4 Å². The molecule has 1 aliphatic heterocycles. The largest absolute Gasteiger partial charge is 0.575 e. The minimum absolute atomic E-state index is 0.0193. The standard InChI is InChI=1S/C4H4F3NO2/c5-4(6,7)10-3-1-8-2-9-3/h1,8H,2H2. The predicted octanol–water partition coefficient (Wildman–Crippen LogP) is 0.899. The highest BCUT2D eigenvalue weighted by Crippen LogP contribution is 2.21. The summed E-state index contributed by atoms with van der Waals surface area (Å²) in [5.41, 5.74) is 0. The number of hydrogen-bond acceptors (Lipinski definition) is 3. The van der Waals surface area contributed by atoms with E-state index in [9.17, 15) is 13.2 Å². The van der Waals surface area contributed by atoms with Gasteiger partial charge in [-0.2, -0.15) is 0 Å². The van der Waals surface area contributed by atoms with Crippen molar-refractivity contribution in [2.24, 2.45) is 0 Å². The van der Waals surface area contributed by atoms with Crippen molar-refractivity contribution in [3.05, 3.63) is 12.1 Å². The highest BCUT2D eigenvalue weighted by atomic mass is 19.4. The highest BCUT2D eigenvalue weighted by molar-refractivity contribution is 4.85. The summed E-state index contributed by atoms with van der Waals surface area (Å²) in [5, 5.41) is 2.39. The van der Waals surface area contributed by atoms with Crippen LogP contribution in [0.15, 0.2) is 12.1 Å². The second kappa shape index (κ2) is 2.28. The smallest absolute Gasteiger partial charge is 0.443 e. The van der Waals surface area contributed by atoms with E-state index < -0.39 is 12.3 Å². The molecule has 0 atom stereocenters. The van der Waals surface area contributed by atoms with Crippen molar-refractivity contribution >= 4 is 0 Å². The van der Waals surface area contributed by atoms with Gasteiger partial charge in [-0.3, -0.25) is 0 Å². The molecule has 0 aliphatic carbocycles. The first kappa shape index (κ1) is 7.04. The van der Waals surface area contributed by atoms with Crippen LogP contribution in [-0.2, 0) is 9.47 Å². The van der Waals surface area contributed by atoms with Crippen LogP contribution in [0.2, 0.25) is 0 Å². The van der Waals surface area contributed by atoms with E-state index in [1.165, 1.54) is 0 Å². The maximum absolute atomic E-state index is 11.3. The molecule has 0 aromatic carbocycles. The lowest BCUT2D eigenvalue weighted by Gasteiger charge is -2.07. The van der Waals surface area contributed by atoms with Gasteiger partial charge in [-0.15, -0.1) is 13.2 Å². The quantitative estimate of drug-likeness (QED) is 0.610. The molecule has 1 aliphatic rings. The Morgan fingerprint density at radius 3 is 2.70 bits per heavy atom. The maximum Gasteiger partial charge on any atom is 0.575 e. The van der Waals surface area contributed by atoms with Gasteiger partial charge in [-0.25, -0.2) is 0 Å². The van der Waals surface area contributed by atoms with Gasteiger partial charge in [0.25, 0.3) is 0 Å². The summed E-state index contributed by atoms with van der Waals surface area (Å²) in [6, 6.07) is 0. The van der Waals surface area contributed by atoms with Gasteiger partial charge in [-0.1, -0.05) is 0 Å². The number of alkyl halides is 3. The molecule has 58 valence electrons. The first-order valence-electron chi connectivity index (χ1n) is 2.40. The van der Waals surface area contributed by atoms with Crippen LogP contribution in [0.3, 0.4) is 0 Å². The molecule has 0 aromatic heterocycles. The number of ether oxygens (including phenoxy) is 2. The third kappa shape index (κ3) is 2.04. The molecule has 0 saturated heterocycles. The van der Waals surface area contributed by atoms with Crippen LogP contribution < -0.4 is 5.32 Å². The minimum atomic E-state index is -4.67. The molecule has 0 aromatic rings. The predicted molar refractivity (Wildman–Crippen MR) is 24.3 cm³/mol. The zero-order valence-electron chi connectivity index (χ0n) is 4.73. The SMILES string of the molecule is FC(F)(F)OC1=CNCO1. The van der Waals surface area contributed by atoms with E-state index in [1.54, 1.807) is 0 Å². The first-order valence-corrected chi connectivity index (χ1v) is 2.40. The summed E-state index contributed by atoms with van der Waals surface area (Å²) in [7, 11) is 0. The lowest BCUT2D eigenvalue weighted by atomic mass is 10.9. The van der Waals surface area contributed by atoms with E-state index >= 15 is 0 Å². The van der Waals surface area contributed by atoms with E-state index in [4.69, 9.17) is 0 Å². The van der Waals surface area contributed by atoms with E-state index in [1.807, 2.05) is 0 Å². The Morgan fingerprint density at radius 2 is 2.30 bits per heavy atom. The zero-order valence-corrected chi connectivity index (χ0v) is 4.73.